The fourth-order valence-corrected chi connectivity index (χ4v) is 2.44. The molecule has 0 radical (unpaired) electrons. The number of nitrogens with one attached hydrogen (secondary N) is 2. The van der Waals surface area contributed by atoms with Gasteiger partial charge in [0, 0.05) is 17.9 Å². The molecule has 0 aliphatic carbocycles. The third-order valence-electron chi connectivity index (χ3n) is 4.16. The zero-order valence-corrected chi connectivity index (χ0v) is 15.7. The maximum absolute atomic E-state index is 12.4. The molecule has 0 bridgehead atoms. The molecule has 1 aromatic carbocycles. The average Bonchev–Trinajstić information content (AvgIpc) is 2.46. The second-order valence-electron chi connectivity index (χ2n) is 6.33. The van der Waals surface area contributed by atoms with Crippen molar-refractivity contribution in [2.75, 3.05) is 6.54 Å². The van der Waals surface area contributed by atoms with Crippen LogP contribution < -0.4 is 16.4 Å². The SMILES string of the molecule is CC(=O)NC(CC(=O)NC(C)(CN)C(C)C)c1ccc(Br)cc1. The number of amides is 2. The highest BCUT2D eigenvalue weighted by molar-refractivity contribution is 9.10. The van der Waals surface area contributed by atoms with Crippen molar-refractivity contribution in [3.63, 3.8) is 0 Å². The summed E-state index contributed by atoms with van der Waals surface area (Å²) in [6, 6.07) is 7.20. The van der Waals surface area contributed by atoms with Crippen LogP contribution in [0, 0.1) is 5.92 Å². The van der Waals surface area contributed by atoms with Crippen LogP contribution in [0.4, 0.5) is 0 Å². The molecule has 2 atom stereocenters. The molecule has 5 nitrogen and oxygen atoms in total. The first-order chi connectivity index (χ1) is 10.7. The molecule has 0 aliphatic rings. The number of hydrogen-bond acceptors (Lipinski definition) is 3. The van der Waals surface area contributed by atoms with E-state index in [9.17, 15) is 9.59 Å². The van der Waals surface area contributed by atoms with Gasteiger partial charge >= 0.3 is 0 Å². The lowest BCUT2D eigenvalue weighted by molar-refractivity contribution is -0.124. The Labute approximate surface area is 146 Å². The van der Waals surface area contributed by atoms with E-state index in [4.69, 9.17) is 5.73 Å². The third kappa shape index (κ3) is 5.95. The normalized spacial score (nSPS) is 14.9. The summed E-state index contributed by atoms with van der Waals surface area (Å²) in [4.78, 5) is 23.9. The number of carbonyl (C=O) groups excluding carboxylic acids is 2. The third-order valence-corrected chi connectivity index (χ3v) is 4.69. The molecule has 1 aromatic rings. The molecule has 0 fully saturated rings. The van der Waals surface area contributed by atoms with Gasteiger partial charge in [-0.05, 0) is 30.5 Å². The summed E-state index contributed by atoms with van der Waals surface area (Å²) in [5.74, 6) is -0.0900. The number of rotatable bonds is 7. The van der Waals surface area contributed by atoms with Crippen LogP contribution >= 0.6 is 15.9 Å². The van der Waals surface area contributed by atoms with Crippen LogP contribution in [0.1, 0.15) is 45.7 Å². The van der Waals surface area contributed by atoms with Crippen molar-refractivity contribution >= 4 is 27.7 Å². The van der Waals surface area contributed by atoms with Gasteiger partial charge < -0.3 is 16.4 Å². The van der Waals surface area contributed by atoms with Gasteiger partial charge in [-0.2, -0.15) is 0 Å². The Balaban J connectivity index is 2.87. The molecule has 0 aromatic heterocycles. The highest BCUT2D eigenvalue weighted by atomic mass is 79.9. The monoisotopic (exact) mass is 383 g/mol. The zero-order chi connectivity index (χ0) is 17.6. The van der Waals surface area contributed by atoms with E-state index in [0.717, 1.165) is 10.0 Å². The highest BCUT2D eigenvalue weighted by Crippen LogP contribution is 2.21. The molecule has 0 heterocycles. The first kappa shape index (κ1) is 19.6. The van der Waals surface area contributed by atoms with E-state index in [2.05, 4.69) is 26.6 Å². The highest BCUT2D eigenvalue weighted by Gasteiger charge is 2.29. The van der Waals surface area contributed by atoms with E-state index in [1.165, 1.54) is 6.92 Å². The number of hydrogen-bond donors (Lipinski definition) is 3. The van der Waals surface area contributed by atoms with Gasteiger partial charge in [0.25, 0.3) is 0 Å². The molecule has 6 heteroatoms. The molecule has 4 N–H and O–H groups in total. The molecule has 2 amide bonds. The van der Waals surface area contributed by atoms with Gasteiger partial charge in [-0.1, -0.05) is 41.9 Å². The van der Waals surface area contributed by atoms with Crippen LogP contribution in [-0.2, 0) is 9.59 Å². The molecule has 2 unspecified atom stereocenters. The molecule has 0 saturated carbocycles. The largest absolute Gasteiger partial charge is 0.349 e. The Bertz CT molecular complexity index is 545. The van der Waals surface area contributed by atoms with Gasteiger partial charge in [0.15, 0.2) is 0 Å². The van der Waals surface area contributed by atoms with Crippen LogP contribution in [0.15, 0.2) is 28.7 Å². The summed E-state index contributed by atoms with van der Waals surface area (Å²) in [7, 11) is 0. The van der Waals surface area contributed by atoms with Crippen molar-refractivity contribution in [1.29, 1.82) is 0 Å². The Morgan fingerprint density at radius 1 is 1.26 bits per heavy atom. The number of halogens is 1. The van der Waals surface area contributed by atoms with Crippen LogP contribution in [-0.4, -0.2) is 23.9 Å². The van der Waals surface area contributed by atoms with Crippen molar-refractivity contribution in [2.45, 2.75) is 45.7 Å². The van der Waals surface area contributed by atoms with Gasteiger partial charge in [0.05, 0.1) is 18.0 Å². The van der Waals surface area contributed by atoms with Crippen molar-refractivity contribution < 1.29 is 9.59 Å². The van der Waals surface area contributed by atoms with Crippen molar-refractivity contribution in [2.24, 2.45) is 11.7 Å². The Morgan fingerprint density at radius 2 is 1.83 bits per heavy atom. The van der Waals surface area contributed by atoms with Crippen LogP contribution in [0.25, 0.3) is 0 Å². The van der Waals surface area contributed by atoms with E-state index in [1.807, 2.05) is 45.0 Å². The fraction of sp³-hybridized carbons (Fsp3) is 0.529. The fourth-order valence-electron chi connectivity index (χ4n) is 2.18. The molecule has 1 rings (SSSR count). The molecule has 0 spiro atoms. The first-order valence-electron chi connectivity index (χ1n) is 7.71. The maximum Gasteiger partial charge on any atom is 0.222 e. The van der Waals surface area contributed by atoms with Crippen molar-refractivity contribution in [1.82, 2.24) is 10.6 Å². The zero-order valence-electron chi connectivity index (χ0n) is 14.2. The summed E-state index contributed by atoms with van der Waals surface area (Å²) in [5.41, 5.74) is 6.23. The summed E-state index contributed by atoms with van der Waals surface area (Å²) >= 11 is 3.38. The standard InChI is InChI=1S/C17H26BrN3O2/c1-11(2)17(4,10-19)21-16(23)9-15(20-12(3)22)13-5-7-14(18)8-6-13/h5-8,11,15H,9-10,19H2,1-4H3,(H,20,22)(H,21,23). The Kier molecular flexibility index (Phi) is 7.22. The van der Waals surface area contributed by atoms with Gasteiger partial charge in [-0.3, -0.25) is 9.59 Å². The second-order valence-corrected chi connectivity index (χ2v) is 7.25. The minimum atomic E-state index is -0.461. The maximum atomic E-state index is 12.4. The topological polar surface area (TPSA) is 84.2 Å². The lowest BCUT2D eigenvalue weighted by Crippen LogP contribution is -2.55. The summed E-state index contributed by atoms with van der Waals surface area (Å²) < 4.78 is 0.947. The molecular weight excluding hydrogens is 358 g/mol. The molecular formula is C17H26BrN3O2. The van der Waals surface area contributed by atoms with Gasteiger partial charge in [-0.15, -0.1) is 0 Å². The molecule has 0 aliphatic heterocycles. The lowest BCUT2D eigenvalue weighted by atomic mass is 9.88. The van der Waals surface area contributed by atoms with E-state index in [-0.39, 0.29) is 30.2 Å². The van der Waals surface area contributed by atoms with Crippen molar-refractivity contribution in [3.05, 3.63) is 34.3 Å². The lowest BCUT2D eigenvalue weighted by Gasteiger charge is -2.34. The first-order valence-corrected chi connectivity index (χ1v) is 8.51. The van der Waals surface area contributed by atoms with Crippen LogP contribution in [0.5, 0.6) is 0 Å². The van der Waals surface area contributed by atoms with Crippen molar-refractivity contribution in [3.8, 4) is 0 Å². The molecule has 23 heavy (non-hydrogen) atoms. The minimum Gasteiger partial charge on any atom is -0.349 e. The van der Waals surface area contributed by atoms with Gasteiger partial charge in [0.2, 0.25) is 11.8 Å². The summed E-state index contributed by atoms with van der Waals surface area (Å²) in [6.45, 7) is 7.78. The van der Waals surface area contributed by atoms with Crippen LogP contribution in [0.2, 0.25) is 0 Å². The van der Waals surface area contributed by atoms with E-state index in [0.29, 0.717) is 6.54 Å². The summed E-state index contributed by atoms with van der Waals surface area (Å²) in [6.07, 6.45) is 0.170. The summed E-state index contributed by atoms with van der Waals surface area (Å²) in [5, 5.41) is 5.84. The minimum absolute atomic E-state index is 0.131. The van der Waals surface area contributed by atoms with E-state index in [1.54, 1.807) is 0 Å². The Hall–Kier alpha value is -1.40. The molecule has 0 saturated heterocycles. The predicted molar refractivity (Wildman–Crippen MR) is 95.8 cm³/mol. The second kappa shape index (κ2) is 8.45. The van der Waals surface area contributed by atoms with Gasteiger partial charge in [0.1, 0.15) is 0 Å². The number of benzene rings is 1. The van der Waals surface area contributed by atoms with E-state index >= 15 is 0 Å². The average molecular weight is 384 g/mol. The predicted octanol–water partition coefficient (Wildman–Crippen LogP) is 2.51. The number of carbonyl (C=O) groups is 2. The Morgan fingerprint density at radius 3 is 2.26 bits per heavy atom. The van der Waals surface area contributed by atoms with Gasteiger partial charge in [-0.25, -0.2) is 0 Å². The smallest absolute Gasteiger partial charge is 0.222 e. The van der Waals surface area contributed by atoms with E-state index < -0.39 is 5.54 Å². The quantitative estimate of drug-likeness (QED) is 0.676. The van der Waals surface area contributed by atoms with Crippen LogP contribution in [0.3, 0.4) is 0 Å². The molecule has 128 valence electrons. The number of nitrogens with two attached hydrogens (primary N) is 1.